The number of anilines is 1. The van der Waals surface area contributed by atoms with Crippen LogP contribution in [0.5, 0.6) is 0 Å². The van der Waals surface area contributed by atoms with E-state index in [1.165, 1.54) is 0 Å². The Balaban J connectivity index is 2.51. The van der Waals surface area contributed by atoms with Gasteiger partial charge in [-0.05, 0) is 30.7 Å². The van der Waals surface area contributed by atoms with Crippen molar-refractivity contribution in [3.63, 3.8) is 0 Å². The Morgan fingerprint density at radius 1 is 1.60 bits per heavy atom. The van der Waals surface area contributed by atoms with Gasteiger partial charge in [-0.15, -0.1) is 0 Å². The lowest BCUT2D eigenvalue weighted by Crippen LogP contribution is -2.20. The average Bonchev–Trinajstić information content (AvgIpc) is 2.17. The first kappa shape index (κ1) is 12.2. The first-order valence-electron chi connectivity index (χ1n) is 4.87. The summed E-state index contributed by atoms with van der Waals surface area (Å²) in [7, 11) is 0. The number of benzene rings is 1. The molecule has 0 saturated heterocycles. The van der Waals surface area contributed by atoms with E-state index >= 15 is 0 Å². The molecule has 1 atom stereocenters. The van der Waals surface area contributed by atoms with E-state index in [2.05, 4.69) is 21.2 Å². The second-order valence-electron chi connectivity index (χ2n) is 3.60. The van der Waals surface area contributed by atoms with Gasteiger partial charge in [0.1, 0.15) is 0 Å². The quantitative estimate of drug-likeness (QED) is 0.883. The number of amides is 1. The predicted octanol–water partition coefficient (Wildman–Crippen LogP) is 2.37. The highest BCUT2D eigenvalue weighted by Crippen LogP contribution is 2.16. The van der Waals surface area contributed by atoms with Gasteiger partial charge >= 0.3 is 0 Å². The third-order valence-electron chi connectivity index (χ3n) is 2.04. The normalized spacial score (nSPS) is 12.2. The van der Waals surface area contributed by atoms with Crippen LogP contribution in [-0.4, -0.2) is 12.5 Å². The summed E-state index contributed by atoms with van der Waals surface area (Å²) in [5.41, 5.74) is 6.25. The number of rotatable bonds is 4. The largest absolute Gasteiger partial charge is 0.330 e. The van der Waals surface area contributed by atoms with Crippen molar-refractivity contribution in [2.24, 2.45) is 11.7 Å². The number of hydrogen-bond donors (Lipinski definition) is 2. The van der Waals surface area contributed by atoms with Gasteiger partial charge in [-0.25, -0.2) is 0 Å². The lowest BCUT2D eigenvalue weighted by Gasteiger charge is -2.09. The smallest absolute Gasteiger partial charge is 0.224 e. The van der Waals surface area contributed by atoms with Crippen molar-refractivity contribution in [3.05, 3.63) is 28.7 Å². The minimum Gasteiger partial charge on any atom is -0.330 e. The molecule has 0 aromatic heterocycles. The lowest BCUT2D eigenvalue weighted by molar-refractivity contribution is -0.116. The molecule has 15 heavy (non-hydrogen) atoms. The van der Waals surface area contributed by atoms with Crippen LogP contribution in [0.25, 0.3) is 0 Å². The maximum Gasteiger partial charge on any atom is 0.224 e. The Morgan fingerprint density at radius 2 is 2.33 bits per heavy atom. The van der Waals surface area contributed by atoms with Gasteiger partial charge in [0.05, 0.1) is 0 Å². The zero-order valence-corrected chi connectivity index (χ0v) is 10.3. The molecule has 0 fully saturated rings. The SMILES string of the molecule is CC(CN)CC(=O)Nc1cccc(Br)c1. The highest BCUT2D eigenvalue weighted by atomic mass is 79.9. The molecule has 0 aliphatic heterocycles. The van der Waals surface area contributed by atoms with Crippen molar-refractivity contribution >= 4 is 27.5 Å². The fourth-order valence-electron chi connectivity index (χ4n) is 1.18. The topological polar surface area (TPSA) is 55.1 Å². The fourth-order valence-corrected chi connectivity index (χ4v) is 1.58. The molecular weight excluding hydrogens is 256 g/mol. The third kappa shape index (κ3) is 4.44. The molecule has 0 radical (unpaired) electrons. The zero-order valence-electron chi connectivity index (χ0n) is 8.66. The van der Waals surface area contributed by atoms with E-state index < -0.39 is 0 Å². The highest BCUT2D eigenvalue weighted by Gasteiger charge is 2.07. The summed E-state index contributed by atoms with van der Waals surface area (Å²) in [5.74, 6) is 0.225. The van der Waals surface area contributed by atoms with Crippen molar-refractivity contribution in [1.29, 1.82) is 0 Å². The van der Waals surface area contributed by atoms with E-state index in [-0.39, 0.29) is 11.8 Å². The number of hydrogen-bond acceptors (Lipinski definition) is 2. The molecule has 3 nitrogen and oxygen atoms in total. The van der Waals surface area contributed by atoms with Crippen LogP contribution >= 0.6 is 15.9 Å². The van der Waals surface area contributed by atoms with Crippen molar-refractivity contribution in [2.45, 2.75) is 13.3 Å². The fraction of sp³-hybridized carbons (Fsp3) is 0.364. The van der Waals surface area contributed by atoms with Crippen LogP contribution in [0.1, 0.15) is 13.3 Å². The number of nitrogens with two attached hydrogens (primary N) is 1. The molecule has 1 rings (SSSR count). The summed E-state index contributed by atoms with van der Waals surface area (Å²) in [6.07, 6.45) is 0.461. The molecule has 1 aromatic rings. The summed E-state index contributed by atoms with van der Waals surface area (Å²) >= 11 is 3.35. The van der Waals surface area contributed by atoms with Crippen LogP contribution in [0.4, 0.5) is 5.69 Å². The summed E-state index contributed by atoms with van der Waals surface area (Å²) in [6.45, 7) is 2.49. The molecule has 1 aromatic carbocycles. The molecule has 0 bridgehead atoms. The van der Waals surface area contributed by atoms with Gasteiger partial charge in [-0.3, -0.25) is 4.79 Å². The maximum atomic E-state index is 11.5. The van der Waals surface area contributed by atoms with Crippen molar-refractivity contribution in [1.82, 2.24) is 0 Å². The number of carbonyl (C=O) groups is 1. The maximum absolute atomic E-state index is 11.5. The van der Waals surface area contributed by atoms with Crippen LogP contribution in [-0.2, 0) is 4.79 Å². The third-order valence-corrected chi connectivity index (χ3v) is 2.54. The van der Waals surface area contributed by atoms with Crippen LogP contribution in [0.15, 0.2) is 28.7 Å². The van der Waals surface area contributed by atoms with Crippen LogP contribution < -0.4 is 11.1 Å². The summed E-state index contributed by atoms with van der Waals surface area (Å²) in [6, 6.07) is 7.52. The molecule has 1 amide bonds. The predicted molar refractivity (Wildman–Crippen MR) is 65.6 cm³/mol. The van der Waals surface area contributed by atoms with Gasteiger partial charge in [0.15, 0.2) is 0 Å². The van der Waals surface area contributed by atoms with Crippen molar-refractivity contribution in [3.8, 4) is 0 Å². The lowest BCUT2D eigenvalue weighted by atomic mass is 10.1. The van der Waals surface area contributed by atoms with E-state index in [9.17, 15) is 4.79 Å². The first-order chi connectivity index (χ1) is 7.11. The van der Waals surface area contributed by atoms with E-state index in [0.717, 1.165) is 10.2 Å². The monoisotopic (exact) mass is 270 g/mol. The Morgan fingerprint density at radius 3 is 2.93 bits per heavy atom. The second kappa shape index (κ2) is 5.88. The molecule has 4 heteroatoms. The number of nitrogens with one attached hydrogen (secondary N) is 1. The molecule has 0 aliphatic rings. The minimum atomic E-state index is 0.00560. The van der Waals surface area contributed by atoms with Crippen LogP contribution in [0, 0.1) is 5.92 Å². The second-order valence-corrected chi connectivity index (χ2v) is 4.52. The standard InChI is InChI=1S/C11H15BrN2O/c1-8(7-13)5-11(15)14-10-4-2-3-9(12)6-10/h2-4,6,8H,5,7,13H2,1H3,(H,14,15). The van der Waals surface area contributed by atoms with Crippen LogP contribution in [0.2, 0.25) is 0 Å². The number of carbonyl (C=O) groups excluding carboxylic acids is 1. The Hall–Kier alpha value is -0.870. The molecule has 0 spiro atoms. The van der Waals surface area contributed by atoms with E-state index in [0.29, 0.717) is 13.0 Å². The zero-order chi connectivity index (χ0) is 11.3. The van der Waals surface area contributed by atoms with Gasteiger partial charge < -0.3 is 11.1 Å². The van der Waals surface area contributed by atoms with Gasteiger partial charge in [0.25, 0.3) is 0 Å². The van der Waals surface area contributed by atoms with Crippen molar-refractivity contribution < 1.29 is 4.79 Å². The molecule has 0 saturated carbocycles. The molecule has 1 unspecified atom stereocenters. The Kier molecular flexibility index (Phi) is 4.78. The Labute approximate surface area is 98.2 Å². The average molecular weight is 271 g/mol. The Bertz CT molecular complexity index is 341. The first-order valence-corrected chi connectivity index (χ1v) is 5.66. The van der Waals surface area contributed by atoms with Gasteiger partial charge in [0.2, 0.25) is 5.91 Å². The van der Waals surface area contributed by atoms with E-state index in [1.54, 1.807) is 0 Å². The molecule has 0 heterocycles. The van der Waals surface area contributed by atoms with E-state index in [1.807, 2.05) is 31.2 Å². The van der Waals surface area contributed by atoms with Crippen molar-refractivity contribution in [2.75, 3.05) is 11.9 Å². The molecular formula is C11H15BrN2O. The highest BCUT2D eigenvalue weighted by molar-refractivity contribution is 9.10. The summed E-state index contributed by atoms with van der Waals surface area (Å²) < 4.78 is 0.951. The molecule has 82 valence electrons. The number of halogens is 1. The van der Waals surface area contributed by atoms with Gasteiger partial charge in [0, 0.05) is 16.6 Å². The van der Waals surface area contributed by atoms with Gasteiger partial charge in [-0.1, -0.05) is 28.9 Å². The summed E-state index contributed by atoms with van der Waals surface area (Å²) in [4.78, 5) is 11.5. The minimum absolute atomic E-state index is 0.00560. The van der Waals surface area contributed by atoms with E-state index in [4.69, 9.17) is 5.73 Å². The van der Waals surface area contributed by atoms with Gasteiger partial charge in [-0.2, -0.15) is 0 Å². The summed E-state index contributed by atoms with van der Waals surface area (Å²) in [5, 5.41) is 2.82. The molecule has 0 aliphatic carbocycles. The molecule has 3 N–H and O–H groups in total. The van der Waals surface area contributed by atoms with Crippen LogP contribution in [0.3, 0.4) is 0 Å².